The first-order valence-corrected chi connectivity index (χ1v) is 14.7. The van der Waals surface area contributed by atoms with Gasteiger partial charge in [0.15, 0.2) is 0 Å². The van der Waals surface area contributed by atoms with Crippen LogP contribution in [0.3, 0.4) is 0 Å². The van der Waals surface area contributed by atoms with Crippen molar-refractivity contribution >= 4 is 39.1 Å². The van der Waals surface area contributed by atoms with Crippen molar-refractivity contribution in [3.63, 3.8) is 0 Å². The van der Waals surface area contributed by atoms with Crippen molar-refractivity contribution in [1.82, 2.24) is 10.2 Å². The molecule has 3 rings (SSSR count). The van der Waals surface area contributed by atoms with Gasteiger partial charge in [0.25, 0.3) is 0 Å². The largest absolute Gasteiger partial charge is 0.495 e. The molecule has 0 bridgehead atoms. The van der Waals surface area contributed by atoms with E-state index in [2.05, 4.69) is 5.32 Å². The summed E-state index contributed by atoms with van der Waals surface area (Å²) in [5, 5.41) is 3.55. The van der Waals surface area contributed by atoms with Crippen LogP contribution in [-0.4, -0.2) is 57.1 Å². The Hall–Kier alpha value is -2.78. The first-order chi connectivity index (χ1) is 17.5. The van der Waals surface area contributed by atoms with Gasteiger partial charge in [0.2, 0.25) is 21.8 Å². The standard InChI is InChI=1S/C27H36ClN3O5S/c1-5-23(27(33)29-21-11-7-8-12-21)30(17-20-10-6-9-13-22(20)28)26(32)18-31(37(4,34)35)24-16-19(2)14-15-25(24)36-3/h6,9-10,13-16,21,23H,5,7-8,11-12,17-18H2,1-4H3,(H,29,33). The Balaban J connectivity index is 1.98. The van der Waals surface area contributed by atoms with E-state index in [0.717, 1.165) is 41.8 Å². The molecule has 10 heteroatoms. The Bertz CT molecular complexity index is 1210. The zero-order chi connectivity index (χ0) is 27.2. The third-order valence-corrected chi connectivity index (χ3v) is 8.16. The van der Waals surface area contributed by atoms with Gasteiger partial charge in [-0.05, 0) is 55.5 Å². The molecule has 2 aromatic carbocycles. The summed E-state index contributed by atoms with van der Waals surface area (Å²) < 4.78 is 32.2. The average Bonchev–Trinajstić information content (AvgIpc) is 3.35. The van der Waals surface area contributed by atoms with E-state index in [9.17, 15) is 18.0 Å². The van der Waals surface area contributed by atoms with Gasteiger partial charge in [0.05, 0.1) is 19.1 Å². The topological polar surface area (TPSA) is 96.0 Å². The van der Waals surface area contributed by atoms with Crippen LogP contribution in [0.15, 0.2) is 42.5 Å². The van der Waals surface area contributed by atoms with Crippen LogP contribution in [-0.2, 0) is 26.2 Å². The van der Waals surface area contributed by atoms with Crippen molar-refractivity contribution < 1.29 is 22.7 Å². The molecule has 1 atom stereocenters. The Kier molecular flexibility index (Phi) is 9.84. The molecule has 0 saturated heterocycles. The van der Waals surface area contributed by atoms with Gasteiger partial charge in [-0.1, -0.05) is 55.6 Å². The van der Waals surface area contributed by atoms with E-state index in [1.807, 2.05) is 19.9 Å². The van der Waals surface area contributed by atoms with E-state index in [-0.39, 0.29) is 24.2 Å². The van der Waals surface area contributed by atoms with Crippen molar-refractivity contribution in [2.45, 2.75) is 64.6 Å². The maximum absolute atomic E-state index is 13.9. The van der Waals surface area contributed by atoms with Crippen molar-refractivity contribution in [2.24, 2.45) is 0 Å². The number of methoxy groups -OCH3 is 1. The number of hydrogen-bond donors (Lipinski definition) is 1. The summed E-state index contributed by atoms with van der Waals surface area (Å²) in [5.74, 6) is -0.427. The maximum Gasteiger partial charge on any atom is 0.244 e. The molecule has 0 radical (unpaired) electrons. The Morgan fingerprint density at radius 2 is 1.84 bits per heavy atom. The molecule has 1 saturated carbocycles. The molecule has 0 heterocycles. The molecule has 1 aliphatic rings. The van der Waals surface area contributed by atoms with E-state index in [1.165, 1.54) is 12.0 Å². The average molecular weight is 550 g/mol. The quantitative estimate of drug-likeness (QED) is 0.451. The second-order valence-corrected chi connectivity index (χ2v) is 11.8. The lowest BCUT2D eigenvalue weighted by molar-refractivity contribution is -0.140. The molecule has 2 aromatic rings. The number of sulfonamides is 1. The predicted molar refractivity (Wildman–Crippen MR) is 146 cm³/mol. The van der Waals surface area contributed by atoms with Gasteiger partial charge in [-0.25, -0.2) is 8.42 Å². The SMILES string of the molecule is CCC(C(=O)NC1CCCC1)N(Cc1ccccc1Cl)C(=O)CN(c1cc(C)ccc1OC)S(C)(=O)=O. The van der Waals surface area contributed by atoms with Crippen LogP contribution >= 0.6 is 11.6 Å². The van der Waals surface area contributed by atoms with Gasteiger partial charge < -0.3 is 15.0 Å². The summed E-state index contributed by atoms with van der Waals surface area (Å²) in [6, 6.07) is 11.5. The van der Waals surface area contributed by atoms with Crippen molar-refractivity contribution in [1.29, 1.82) is 0 Å². The number of benzene rings is 2. The van der Waals surface area contributed by atoms with Crippen LogP contribution in [0, 0.1) is 6.92 Å². The fraction of sp³-hybridized carbons (Fsp3) is 0.481. The summed E-state index contributed by atoms with van der Waals surface area (Å²) in [4.78, 5) is 28.7. The van der Waals surface area contributed by atoms with Crippen LogP contribution in [0.4, 0.5) is 5.69 Å². The van der Waals surface area contributed by atoms with E-state index >= 15 is 0 Å². The summed E-state index contributed by atoms with van der Waals surface area (Å²) in [6.45, 7) is 3.24. The Morgan fingerprint density at radius 1 is 1.16 bits per heavy atom. The highest BCUT2D eigenvalue weighted by Crippen LogP contribution is 2.31. The fourth-order valence-electron chi connectivity index (χ4n) is 4.69. The molecule has 202 valence electrons. The number of nitrogens with one attached hydrogen (secondary N) is 1. The highest BCUT2D eigenvalue weighted by atomic mass is 35.5. The van der Waals surface area contributed by atoms with Crippen molar-refractivity contribution in [3.8, 4) is 5.75 Å². The van der Waals surface area contributed by atoms with Gasteiger partial charge in [-0.15, -0.1) is 0 Å². The Morgan fingerprint density at radius 3 is 2.43 bits per heavy atom. The van der Waals surface area contributed by atoms with Crippen molar-refractivity contribution in [2.75, 3.05) is 24.2 Å². The van der Waals surface area contributed by atoms with Crippen LogP contribution < -0.4 is 14.4 Å². The molecular formula is C27H36ClN3O5S. The molecule has 8 nitrogen and oxygen atoms in total. The highest BCUT2D eigenvalue weighted by molar-refractivity contribution is 7.92. The number of carbonyl (C=O) groups is 2. The first-order valence-electron chi connectivity index (χ1n) is 12.5. The van der Waals surface area contributed by atoms with Crippen LogP contribution in [0.5, 0.6) is 5.75 Å². The van der Waals surface area contributed by atoms with Gasteiger partial charge in [-0.3, -0.25) is 13.9 Å². The third kappa shape index (κ3) is 7.38. The molecule has 0 aromatic heterocycles. The number of hydrogen-bond acceptors (Lipinski definition) is 5. The lowest BCUT2D eigenvalue weighted by Gasteiger charge is -2.34. The molecule has 0 spiro atoms. The molecule has 2 amide bonds. The van der Waals surface area contributed by atoms with E-state index in [1.54, 1.807) is 36.4 Å². The minimum atomic E-state index is -3.87. The number of halogens is 1. The van der Waals surface area contributed by atoms with Gasteiger partial charge >= 0.3 is 0 Å². The summed E-state index contributed by atoms with van der Waals surface area (Å²) >= 11 is 6.41. The minimum absolute atomic E-state index is 0.0671. The number of aryl methyl sites for hydroxylation is 1. The second kappa shape index (κ2) is 12.6. The fourth-order valence-corrected chi connectivity index (χ4v) is 5.73. The number of nitrogens with zero attached hydrogens (tertiary/aromatic N) is 2. The lowest BCUT2D eigenvalue weighted by atomic mass is 10.1. The normalized spacial score (nSPS) is 14.7. The number of carbonyl (C=O) groups excluding carboxylic acids is 2. The van der Waals surface area contributed by atoms with Crippen LogP contribution in [0.1, 0.15) is 50.2 Å². The van der Waals surface area contributed by atoms with E-state index in [0.29, 0.717) is 22.8 Å². The van der Waals surface area contributed by atoms with Gasteiger partial charge in [-0.2, -0.15) is 0 Å². The van der Waals surface area contributed by atoms with E-state index < -0.39 is 28.5 Å². The first kappa shape index (κ1) is 28.8. The van der Waals surface area contributed by atoms with Gasteiger partial charge in [0.1, 0.15) is 18.3 Å². The molecule has 1 aliphatic carbocycles. The zero-order valence-corrected chi connectivity index (χ0v) is 23.4. The summed E-state index contributed by atoms with van der Waals surface area (Å²) in [6.07, 6.45) is 5.36. The summed E-state index contributed by atoms with van der Waals surface area (Å²) in [7, 11) is -2.42. The van der Waals surface area contributed by atoms with E-state index in [4.69, 9.17) is 16.3 Å². The van der Waals surface area contributed by atoms with Crippen LogP contribution in [0.25, 0.3) is 0 Å². The van der Waals surface area contributed by atoms with Crippen molar-refractivity contribution in [3.05, 3.63) is 58.6 Å². The molecule has 37 heavy (non-hydrogen) atoms. The lowest BCUT2D eigenvalue weighted by Crippen LogP contribution is -2.53. The predicted octanol–water partition coefficient (Wildman–Crippen LogP) is 4.29. The molecule has 1 fully saturated rings. The number of anilines is 1. The highest BCUT2D eigenvalue weighted by Gasteiger charge is 2.34. The number of amides is 2. The van der Waals surface area contributed by atoms with Crippen LogP contribution in [0.2, 0.25) is 5.02 Å². The number of rotatable bonds is 11. The third-order valence-electron chi connectivity index (χ3n) is 6.67. The monoisotopic (exact) mass is 549 g/mol. The zero-order valence-electron chi connectivity index (χ0n) is 21.9. The Labute approximate surface area is 225 Å². The molecular weight excluding hydrogens is 514 g/mol. The second-order valence-electron chi connectivity index (χ2n) is 9.47. The number of ether oxygens (including phenoxy) is 1. The minimum Gasteiger partial charge on any atom is -0.495 e. The summed E-state index contributed by atoms with van der Waals surface area (Å²) in [5.41, 5.74) is 1.75. The molecule has 0 aliphatic heterocycles. The molecule has 1 N–H and O–H groups in total. The molecule has 1 unspecified atom stereocenters. The maximum atomic E-state index is 13.9. The smallest absolute Gasteiger partial charge is 0.244 e. The van der Waals surface area contributed by atoms with Gasteiger partial charge in [0, 0.05) is 17.6 Å².